The Morgan fingerprint density at radius 1 is 1.50 bits per heavy atom. The molecule has 0 bridgehead atoms. The average Bonchev–Trinajstić information content (AvgIpc) is 2.18. The molecule has 0 aliphatic rings. The van der Waals surface area contributed by atoms with Crippen LogP contribution in [-0.4, -0.2) is 18.7 Å². The molecule has 0 saturated carbocycles. The van der Waals surface area contributed by atoms with Crippen LogP contribution in [0.3, 0.4) is 0 Å². The van der Waals surface area contributed by atoms with Gasteiger partial charge in [-0.05, 0) is 25.2 Å². The van der Waals surface area contributed by atoms with E-state index in [9.17, 15) is 4.39 Å². The van der Waals surface area contributed by atoms with Crippen molar-refractivity contribution in [3.05, 3.63) is 29.6 Å². The van der Waals surface area contributed by atoms with Gasteiger partial charge in [-0.3, -0.25) is 0 Å². The summed E-state index contributed by atoms with van der Waals surface area (Å²) in [5, 5.41) is 12.0. The first-order valence-electron chi connectivity index (χ1n) is 4.36. The van der Waals surface area contributed by atoms with Crippen molar-refractivity contribution in [1.82, 2.24) is 5.32 Å². The molecule has 0 aromatic heterocycles. The van der Waals surface area contributed by atoms with Crippen molar-refractivity contribution in [2.75, 3.05) is 13.6 Å². The first-order valence-corrected chi connectivity index (χ1v) is 4.36. The van der Waals surface area contributed by atoms with Crippen LogP contribution in [0.5, 0.6) is 5.75 Å². The van der Waals surface area contributed by atoms with Gasteiger partial charge < -0.3 is 10.4 Å². The Hall–Kier alpha value is -1.53. The predicted molar refractivity (Wildman–Crippen MR) is 53.5 cm³/mol. The highest BCUT2D eigenvalue weighted by atomic mass is 19.1. The second-order valence-corrected chi connectivity index (χ2v) is 2.82. The lowest BCUT2D eigenvalue weighted by atomic mass is 10.2. The van der Waals surface area contributed by atoms with E-state index in [-0.39, 0.29) is 11.3 Å². The van der Waals surface area contributed by atoms with Crippen LogP contribution in [-0.2, 0) is 0 Å². The number of aromatic hydroxyl groups is 1. The fourth-order valence-electron chi connectivity index (χ4n) is 0.954. The summed E-state index contributed by atoms with van der Waals surface area (Å²) in [7, 11) is 1.83. The van der Waals surface area contributed by atoms with Gasteiger partial charge in [0.2, 0.25) is 0 Å². The standard InChI is InChI=1S/C11H12FNO/c1-13-7-3-2-4-9-8-10(14)5-6-11(9)12/h5-6,8,13-14H,3,7H2,1H3. The van der Waals surface area contributed by atoms with Gasteiger partial charge in [0.05, 0.1) is 5.56 Å². The zero-order valence-corrected chi connectivity index (χ0v) is 7.97. The van der Waals surface area contributed by atoms with Gasteiger partial charge in [0.15, 0.2) is 0 Å². The number of phenols is 1. The van der Waals surface area contributed by atoms with E-state index in [1.807, 2.05) is 7.05 Å². The summed E-state index contributed by atoms with van der Waals surface area (Å²) in [6.07, 6.45) is 0.658. The molecule has 3 heteroatoms. The van der Waals surface area contributed by atoms with Crippen LogP contribution in [0.4, 0.5) is 4.39 Å². The van der Waals surface area contributed by atoms with Gasteiger partial charge in [-0.2, -0.15) is 0 Å². The Morgan fingerprint density at radius 3 is 3.00 bits per heavy atom. The second-order valence-electron chi connectivity index (χ2n) is 2.82. The third-order valence-corrected chi connectivity index (χ3v) is 1.67. The molecule has 0 radical (unpaired) electrons. The van der Waals surface area contributed by atoms with Crippen molar-refractivity contribution in [1.29, 1.82) is 0 Å². The molecule has 0 fully saturated rings. The molecule has 0 amide bonds. The molecule has 0 aliphatic carbocycles. The van der Waals surface area contributed by atoms with E-state index >= 15 is 0 Å². The van der Waals surface area contributed by atoms with Crippen LogP contribution in [0.25, 0.3) is 0 Å². The summed E-state index contributed by atoms with van der Waals surface area (Å²) < 4.78 is 13.0. The molecule has 2 N–H and O–H groups in total. The first kappa shape index (κ1) is 10.6. The van der Waals surface area contributed by atoms with E-state index in [0.29, 0.717) is 6.42 Å². The largest absolute Gasteiger partial charge is 0.508 e. The third kappa shape index (κ3) is 3.08. The number of nitrogens with one attached hydrogen (secondary N) is 1. The fraction of sp³-hybridized carbons (Fsp3) is 0.273. The average molecular weight is 193 g/mol. The van der Waals surface area contributed by atoms with Crippen molar-refractivity contribution in [2.24, 2.45) is 0 Å². The first-order chi connectivity index (χ1) is 6.74. The van der Waals surface area contributed by atoms with Gasteiger partial charge in [-0.25, -0.2) is 4.39 Å². The molecule has 14 heavy (non-hydrogen) atoms. The SMILES string of the molecule is CNCCC#Cc1cc(O)ccc1F. The van der Waals surface area contributed by atoms with Crippen LogP contribution in [0.15, 0.2) is 18.2 Å². The molecule has 1 rings (SSSR count). The van der Waals surface area contributed by atoms with Gasteiger partial charge >= 0.3 is 0 Å². The molecule has 0 atom stereocenters. The van der Waals surface area contributed by atoms with E-state index in [2.05, 4.69) is 17.2 Å². The highest BCUT2D eigenvalue weighted by molar-refractivity contribution is 5.40. The van der Waals surface area contributed by atoms with Gasteiger partial charge in [0.1, 0.15) is 11.6 Å². The smallest absolute Gasteiger partial charge is 0.139 e. The van der Waals surface area contributed by atoms with Crippen LogP contribution >= 0.6 is 0 Å². The lowest BCUT2D eigenvalue weighted by molar-refractivity contribution is 0.472. The maximum Gasteiger partial charge on any atom is 0.139 e. The molecule has 0 spiro atoms. The number of benzene rings is 1. The summed E-state index contributed by atoms with van der Waals surface area (Å²) in [6.45, 7) is 0.771. The summed E-state index contributed by atoms with van der Waals surface area (Å²) in [4.78, 5) is 0. The molecule has 0 aliphatic heterocycles. The molecule has 1 aromatic rings. The van der Waals surface area contributed by atoms with E-state index in [1.54, 1.807) is 0 Å². The normalized spacial score (nSPS) is 9.29. The number of phenolic OH excluding ortho intramolecular Hbond substituents is 1. The van der Waals surface area contributed by atoms with Crippen LogP contribution in [0, 0.1) is 17.7 Å². The van der Waals surface area contributed by atoms with Crippen molar-refractivity contribution >= 4 is 0 Å². The van der Waals surface area contributed by atoms with Crippen molar-refractivity contribution in [3.63, 3.8) is 0 Å². The molecular formula is C11H12FNO. The van der Waals surface area contributed by atoms with E-state index in [0.717, 1.165) is 6.54 Å². The minimum Gasteiger partial charge on any atom is -0.508 e. The topological polar surface area (TPSA) is 32.3 Å². The summed E-state index contributed by atoms with van der Waals surface area (Å²) in [5.74, 6) is 5.10. The van der Waals surface area contributed by atoms with Gasteiger partial charge in [0.25, 0.3) is 0 Å². The van der Waals surface area contributed by atoms with Gasteiger partial charge in [-0.1, -0.05) is 11.8 Å². The predicted octanol–water partition coefficient (Wildman–Crippen LogP) is 1.49. The van der Waals surface area contributed by atoms with Crippen LogP contribution in [0.2, 0.25) is 0 Å². The Bertz CT molecular complexity index is 365. The Labute approximate surface area is 82.8 Å². The zero-order chi connectivity index (χ0) is 10.4. The molecule has 0 heterocycles. The second kappa shape index (κ2) is 5.25. The Morgan fingerprint density at radius 2 is 2.29 bits per heavy atom. The maximum atomic E-state index is 13.0. The molecular weight excluding hydrogens is 181 g/mol. The lowest BCUT2D eigenvalue weighted by Crippen LogP contribution is -2.05. The number of halogens is 1. The molecule has 0 saturated heterocycles. The quantitative estimate of drug-likeness (QED) is 0.551. The van der Waals surface area contributed by atoms with E-state index in [4.69, 9.17) is 5.11 Å². The van der Waals surface area contributed by atoms with Crippen LogP contribution in [0.1, 0.15) is 12.0 Å². The van der Waals surface area contributed by atoms with E-state index in [1.165, 1.54) is 18.2 Å². The monoisotopic (exact) mass is 193 g/mol. The minimum absolute atomic E-state index is 0.0318. The summed E-state index contributed by atoms with van der Waals surface area (Å²) in [6, 6.07) is 3.83. The summed E-state index contributed by atoms with van der Waals surface area (Å²) in [5.41, 5.74) is 0.237. The minimum atomic E-state index is -0.403. The van der Waals surface area contributed by atoms with Gasteiger partial charge in [0, 0.05) is 13.0 Å². The van der Waals surface area contributed by atoms with Crippen molar-refractivity contribution in [3.8, 4) is 17.6 Å². The molecule has 0 unspecified atom stereocenters. The molecule has 1 aromatic carbocycles. The summed E-state index contributed by atoms with van der Waals surface area (Å²) >= 11 is 0. The lowest BCUT2D eigenvalue weighted by Gasteiger charge is -1.95. The number of hydrogen-bond acceptors (Lipinski definition) is 2. The van der Waals surface area contributed by atoms with Crippen molar-refractivity contribution in [2.45, 2.75) is 6.42 Å². The molecule has 74 valence electrons. The van der Waals surface area contributed by atoms with E-state index < -0.39 is 5.82 Å². The highest BCUT2D eigenvalue weighted by Crippen LogP contribution is 2.13. The molecule has 2 nitrogen and oxygen atoms in total. The third-order valence-electron chi connectivity index (χ3n) is 1.67. The maximum absolute atomic E-state index is 13.0. The zero-order valence-electron chi connectivity index (χ0n) is 7.97. The number of rotatable bonds is 2. The van der Waals surface area contributed by atoms with Gasteiger partial charge in [-0.15, -0.1) is 0 Å². The number of hydrogen-bond donors (Lipinski definition) is 2. The Kier molecular flexibility index (Phi) is 3.96. The van der Waals surface area contributed by atoms with Crippen LogP contribution < -0.4 is 5.32 Å². The fourth-order valence-corrected chi connectivity index (χ4v) is 0.954. The van der Waals surface area contributed by atoms with Crippen molar-refractivity contribution < 1.29 is 9.50 Å². The Balaban J connectivity index is 2.73. The highest BCUT2D eigenvalue weighted by Gasteiger charge is 1.98.